The molecule has 0 aromatic heterocycles. The molecule has 32 heavy (non-hydrogen) atoms. The van der Waals surface area contributed by atoms with Crippen molar-refractivity contribution in [1.29, 1.82) is 0 Å². The molecule has 1 heterocycles. The summed E-state index contributed by atoms with van der Waals surface area (Å²) in [6.45, 7) is 7.85. The SMILES string of the molecule is CCN(CC)C(=O)c1ccc(S(=O)(=O)NCC(c2cccc(Cl)c2)N2CCOCC2)cc1. The number of carbonyl (C=O) groups is 1. The predicted octanol–water partition coefficient (Wildman–Crippen LogP) is 3.17. The van der Waals surface area contributed by atoms with E-state index < -0.39 is 10.0 Å². The monoisotopic (exact) mass is 479 g/mol. The van der Waals surface area contributed by atoms with Crippen molar-refractivity contribution >= 4 is 27.5 Å². The number of ether oxygens (including phenoxy) is 1. The summed E-state index contributed by atoms with van der Waals surface area (Å²) in [4.78, 5) is 16.5. The second-order valence-electron chi connectivity index (χ2n) is 7.57. The van der Waals surface area contributed by atoms with Crippen LogP contribution >= 0.6 is 11.6 Å². The van der Waals surface area contributed by atoms with Crippen molar-refractivity contribution in [3.63, 3.8) is 0 Å². The Kier molecular flexibility index (Phi) is 8.67. The fraction of sp³-hybridized carbons (Fsp3) is 0.435. The van der Waals surface area contributed by atoms with Gasteiger partial charge in [0.15, 0.2) is 0 Å². The van der Waals surface area contributed by atoms with Crippen LogP contribution in [0.4, 0.5) is 0 Å². The van der Waals surface area contributed by atoms with Crippen LogP contribution < -0.4 is 4.72 Å². The van der Waals surface area contributed by atoms with E-state index in [-0.39, 0.29) is 23.4 Å². The fourth-order valence-electron chi connectivity index (χ4n) is 3.80. The number of morpholine rings is 1. The average Bonchev–Trinajstić information content (AvgIpc) is 2.81. The molecule has 9 heteroatoms. The van der Waals surface area contributed by atoms with Crippen molar-refractivity contribution in [3.05, 3.63) is 64.7 Å². The van der Waals surface area contributed by atoms with E-state index in [4.69, 9.17) is 16.3 Å². The van der Waals surface area contributed by atoms with Gasteiger partial charge in [0.05, 0.1) is 18.1 Å². The van der Waals surface area contributed by atoms with E-state index in [1.54, 1.807) is 23.1 Å². The Morgan fingerprint density at radius 1 is 1.12 bits per heavy atom. The second-order valence-corrected chi connectivity index (χ2v) is 9.78. The average molecular weight is 480 g/mol. The maximum atomic E-state index is 13.0. The van der Waals surface area contributed by atoms with Gasteiger partial charge < -0.3 is 9.64 Å². The minimum atomic E-state index is -3.75. The summed E-state index contributed by atoms with van der Waals surface area (Å²) in [5, 5.41) is 0.608. The van der Waals surface area contributed by atoms with Crippen LogP contribution in [0.5, 0.6) is 0 Å². The van der Waals surface area contributed by atoms with Gasteiger partial charge in [-0.25, -0.2) is 13.1 Å². The number of hydrogen-bond acceptors (Lipinski definition) is 5. The van der Waals surface area contributed by atoms with Gasteiger partial charge in [0.2, 0.25) is 10.0 Å². The molecule has 1 aliphatic rings. The third kappa shape index (κ3) is 6.08. The Hall–Kier alpha value is -1.97. The summed E-state index contributed by atoms with van der Waals surface area (Å²) in [6, 6.07) is 13.4. The number of nitrogens with zero attached hydrogens (tertiary/aromatic N) is 2. The summed E-state index contributed by atoms with van der Waals surface area (Å²) in [5.41, 5.74) is 1.42. The highest BCUT2D eigenvalue weighted by molar-refractivity contribution is 7.89. The molecule has 1 aliphatic heterocycles. The smallest absolute Gasteiger partial charge is 0.253 e. The molecule has 0 radical (unpaired) electrons. The van der Waals surface area contributed by atoms with E-state index in [2.05, 4.69) is 9.62 Å². The normalized spacial score (nSPS) is 16.0. The predicted molar refractivity (Wildman–Crippen MR) is 125 cm³/mol. The topological polar surface area (TPSA) is 79.0 Å². The van der Waals surface area contributed by atoms with Crippen molar-refractivity contribution in [3.8, 4) is 0 Å². The molecule has 1 fully saturated rings. The number of hydrogen-bond donors (Lipinski definition) is 1. The molecule has 0 aliphatic carbocycles. The van der Waals surface area contributed by atoms with E-state index in [0.717, 1.165) is 5.56 Å². The summed E-state index contributed by atoms with van der Waals surface area (Å²) in [6.07, 6.45) is 0. The third-order valence-electron chi connectivity index (χ3n) is 5.65. The third-order valence-corrected chi connectivity index (χ3v) is 7.32. The van der Waals surface area contributed by atoms with Gasteiger partial charge in [-0.15, -0.1) is 0 Å². The van der Waals surface area contributed by atoms with Crippen molar-refractivity contribution < 1.29 is 17.9 Å². The van der Waals surface area contributed by atoms with Crippen LogP contribution in [-0.4, -0.2) is 70.1 Å². The molecule has 2 aromatic carbocycles. The number of rotatable bonds is 9. The summed E-state index contributed by atoms with van der Waals surface area (Å²) in [7, 11) is -3.75. The molecule has 1 N–H and O–H groups in total. The van der Waals surface area contributed by atoms with Crippen molar-refractivity contribution in [2.45, 2.75) is 24.8 Å². The Balaban J connectivity index is 1.75. The molecule has 0 spiro atoms. The van der Waals surface area contributed by atoms with Crippen LogP contribution in [0.2, 0.25) is 5.02 Å². The van der Waals surface area contributed by atoms with E-state index in [9.17, 15) is 13.2 Å². The van der Waals surface area contributed by atoms with Crippen LogP contribution in [0.15, 0.2) is 53.4 Å². The Labute approximate surface area is 195 Å². The molecule has 2 aromatic rings. The zero-order chi connectivity index (χ0) is 23.1. The molecule has 7 nitrogen and oxygen atoms in total. The summed E-state index contributed by atoms with van der Waals surface area (Å²) in [5.74, 6) is -0.111. The Morgan fingerprint density at radius 2 is 1.78 bits per heavy atom. The first kappa shape index (κ1) is 24.7. The zero-order valence-electron chi connectivity index (χ0n) is 18.5. The molecule has 1 atom stereocenters. The molecule has 174 valence electrons. The van der Waals surface area contributed by atoms with Crippen LogP contribution in [0.25, 0.3) is 0 Å². The molecule has 0 bridgehead atoms. The highest BCUT2D eigenvalue weighted by Crippen LogP contribution is 2.24. The lowest BCUT2D eigenvalue weighted by Crippen LogP contribution is -2.43. The Morgan fingerprint density at radius 3 is 2.38 bits per heavy atom. The first-order chi connectivity index (χ1) is 15.4. The molecule has 1 unspecified atom stereocenters. The lowest BCUT2D eigenvalue weighted by atomic mass is 10.1. The highest BCUT2D eigenvalue weighted by atomic mass is 35.5. The molecular weight excluding hydrogens is 450 g/mol. The standard InChI is InChI=1S/C23H30ClN3O4S/c1-3-26(4-2)23(28)18-8-10-21(11-9-18)32(29,30)25-17-22(27-12-14-31-15-13-27)19-6-5-7-20(24)16-19/h5-11,16,22,25H,3-4,12-15,17H2,1-2H3. The number of halogens is 1. The fourth-order valence-corrected chi connectivity index (χ4v) is 5.04. The summed E-state index contributed by atoms with van der Waals surface area (Å²) >= 11 is 6.18. The molecule has 3 rings (SSSR count). The number of nitrogens with one attached hydrogen (secondary N) is 1. The van der Waals surface area contributed by atoms with E-state index in [1.807, 2.05) is 32.0 Å². The van der Waals surface area contributed by atoms with Crippen LogP contribution in [0.3, 0.4) is 0 Å². The van der Waals surface area contributed by atoms with Crippen LogP contribution in [0.1, 0.15) is 35.8 Å². The van der Waals surface area contributed by atoms with Crippen molar-refractivity contribution in [2.75, 3.05) is 45.9 Å². The van der Waals surface area contributed by atoms with E-state index >= 15 is 0 Å². The van der Waals surface area contributed by atoms with Gasteiger partial charge in [-0.05, 0) is 55.8 Å². The molecule has 1 saturated heterocycles. The van der Waals surface area contributed by atoms with Gasteiger partial charge >= 0.3 is 0 Å². The first-order valence-corrected chi connectivity index (χ1v) is 12.7. The van der Waals surface area contributed by atoms with Gasteiger partial charge in [-0.3, -0.25) is 9.69 Å². The van der Waals surface area contributed by atoms with Crippen LogP contribution in [-0.2, 0) is 14.8 Å². The summed E-state index contributed by atoms with van der Waals surface area (Å²) < 4.78 is 34.1. The number of sulfonamides is 1. The van der Waals surface area contributed by atoms with Crippen molar-refractivity contribution in [2.24, 2.45) is 0 Å². The molecule has 1 amide bonds. The van der Waals surface area contributed by atoms with Gasteiger partial charge in [0.25, 0.3) is 5.91 Å². The minimum absolute atomic E-state index is 0.111. The second kappa shape index (κ2) is 11.2. The van der Waals surface area contributed by atoms with E-state index in [0.29, 0.717) is 50.0 Å². The zero-order valence-corrected chi connectivity index (χ0v) is 20.0. The van der Waals surface area contributed by atoms with E-state index in [1.165, 1.54) is 12.1 Å². The number of benzene rings is 2. The van der Waals surface area contributed by atoms with Crippen molar-refractivity contribution in [1.82, 2.24) is 14.5 Å². The maximum absolute atomic E-state index is 13.0. The Bertz CT molecular complexity index is 1000. The quantitative estimate of drug-likeness (QED) is 0.597. The van der Waals surface area contributed by atoms with Gasteiger partial charge in [-0.1, -0.05) is 23.7 Å². The maximum Gasteiger partial charge on any atom is 0.253 e. The van der Waals surface area contributed by atoms with Gasteiger partial charge in [-0.2, -0.15) is 0 Å². The molecular formula is C23H30ClN3O4S. The molecule has 0 saturated carbocycles. The number of amides is 1. The van der Waals surface area contributed by atoms with Gasteiger partial charge in [0.1, 0.15) is 0 Å². The minimum Gasteiger partial charge on any atom is -0.379 e. The number of carbonyl (C=O) groups excluding carboxylic acids is 1. The lowest BCUT2D eigenvalue weighted by molar-refractivity contribution is 0.0172. The first-order valence-electron chi connectivity index (χ1n) is 10.8. The van der Waals surface area contributed by atoms with Crippen LogP contribution in [0, 0.1) is 0 Å². The highest BCUT2D eigenvalue weighted by Gasteiger charge is 2.25. The largest absolute Gasteiger partial charge is 0.379 e. The van der Waals surface area contributed by atoms with Gasteiger partial charge in [0, 0.05) is 49.4 Å². The lowest BCUT2D eigenvalue weighted by Gasteiger charge is -2.35.